The molecule has 3 aliphatic heterocycles. The van der Waals surface area contributed by atoms with Crippen molar-refractivity contribution in [2.45, 2.75) is 64.2 Å². The smallest absolute Gasteiger partial charge is 0.340 e. The zero-order valence-corrected chi connectivity index (χ0v) is 21.2. The number of nitrogens with one attached hydrogen (secondary N) is 1. The van der Waals surface area contributed by atoms with Crippen molar-refractivity contribution in [3.63, 3.8) is 0 Å². The van der Waals surface area contributed by atoms with E-state index < -0.39 is 12.1 Å². The number of hydrogen-bond donors (Lipinski definition) is 2. The predicted octanol–water partition coefficient (Wildman–Crippen LogP) is 2.22. The Bertz CT molecular complexity index is 1640. The van der Waals surface area contributed by atoms with Gasteiger partial charge in [0.25, 0.3) is 5.56 Å². The topological polar surface area (TPSA) is 129 Å². The first-order chi connectivity index (χ1) is 18.8. The normalized spacial score (nSPS) is 21.5. The van der Waals surface area contributed by atoms with E-state index in [1.165, 1.54) is 6.07 Å². The number of carbonyl (C=O) groups is 2. The molecule has 11 heteroatoms. The lowest BCUT2D eigenvalue weighted by Gasteiger charge is -2.30. The van der Waals surface area contributed by atoms with Crippen LogP contribution in [0.1, 0.15) is 64.8 Å². The van der Waals surface area contributed by atoms with Gasteiger partial charge in [-0.25, -0.2) is 14.2 Å². The minimum absolute atomic E-state index is 0.151. The van der Waals surface area contributed by atoms with Crippen molar-refractivity contribution in [3.05, 3.63) is 61.7 Å². The number of rotatable bonds is 4. The highest BCUT2D eigenvalue weighted by molar-refractivity contribution is 5.93. The molecular formula is C28H26FN3O7. The molecule has 5 heterocycles. The summed E-state index contributed by atoms with van der Waals surface area (Å²) in [6.45, 7) is 2.76. The molecule has 39 heavy (non-hydrogen) atoms. The van der Waals surface area contributed by atoms with E-state index in [4.69, 9.17) is 19.2 Å². The maximum atomic E-state index is 15.0. The minimum Gasteiger partial charge on any atom is -0.458 e. The molecule has 10 nitrogen and oxygen atoms in total. The summed E-state index contributed by atoms with van der Waals surface area (Å²) < 4.78 is 32.4. The minimum atomic E-state index is -1.57. The molecule has 4 aliphatic rings. The number of carbonyl (C=O) groups excluding carboxylic acids is 2. The molecule has 1 aliphatic carbocycles. The van der Waals surface area contributed by atoms with Gasteiger partial charge in [0.2, 0.25) is 5.91 Å². The lowest BCUT2D eigenvalue weighted by Crippen LogP contribution is -2.33. The van der Waals surface area contributed by atoms with E-state index in [2.05, 4.69) is 5.32 Å². The predicted molar refractivity (Wildman–Crippen MR) is 134 cm³/mol. The Kier molecular flexibility index (Phi) is 5.58. The molecule has 1 fully saturated rings. The number of cyclic esters (lactones) is 1. The van der Waals surface area contributed by atoms with Gasteiger partial charge in [-0.05, 0) is 42.5 Å². The molecule has 0 spiro atoms. The van der Waals surface area contributed by atoms with Crippen LogP contribution in [0.15, 0.2) is 16.9 Å². The van der Waals surface area contributed by atoms with Crippen LogP contribution in [0.2, 0.25) is 0 Å². The van der Waals surface area contributed by atoms with Gasteiger partial charge in [-0.15, -0.1) is 0 Å². The van der Waals surface area contributed by atoms with Crippen LogP contribution in [-0.4, -0.2) is 46.0 Å². The number of fused-ring (bicyclic) bond motifs is 5. The molecule has 2 unspecified atom stereocenters. The van der Waals surface area contributed by atoms with Crippen molar-refractivity contribution in [3.8, 4) is 11.4 Å². The SMILES string of the molecule is Cc1c(F)cc2nc3c(c4c2c1CCC4NC(=O)CCC1OCCO1)Cn1c-3cc2c(c1=O)COC(=O)C2O. The average Bonchev–Trinajstić information content (AvgIpc) is 3.57. The number of nitrogens with zero attached hydrogens (tertiary/aromatic N) is 2. The van der Waals surface area contributed by atoms with E-state index in [0.717, 1.165) is 22.1 Å². The first-order valence-electron chi connectivity index (χ1n) is 13.1. The maximum Gasteiger partial charge on any atom is 0.340 e. The van der Waals surface area contributed by atoms with E-state index in [1.807, 2.05) is 0 Å². The summed E-state index contributed by atoms with van der Waals surface area (Å²) in [5, 5.41) is 14.4. The van der Waals surface area contributed by atoms with E-state index in [-0.39, 0.29) is 60.3 Å². The number of benzene rings is 1. The highest BCUT2D eigenvalue weighted by atomic mass is 19.1. The van der Waals surface area contributed by atoms with Gasteiger partial charge >= 0.3 is 5.97 Å². The molecule has 1 amide bonds. The number of aromatic nitrogens is 2. The fourth-order valence-corrected chi connectivity index (χ4v) is 6.34. The second-order valence-electron chi connectivity index (χ2n) is 10.4. The van der Waals surface area contributed by atoms with E-state index in [9.17, 15) is 23.9 Å². The molecule has 2 aromatic heterocycles. The van der Waals surface area contributed by atoms with Crippen molar-refractivity contribution in [2.24, 2.45) is 0 Å². The van der Waals surface area contributed by atoms with Crippen LogP contribution in [0, 0.1) is 12.7 Å². The monoisotopic (exact) mass is 535 g/mol. The molecule has 202 valence electrons. The van der Waals surface area contributed by atoms with Gasteiger partial charge in [-0.1, -0.05) is 0 Å². The van der Waals surface area contributed by atoms with Crippen LogP contribution in [0.4, 0.5) is 4.39 Å². The summed E-state index contributed by atoms with van der Waals surface area (Å²) in [6, 6.07) is 2.63. The van der Waals surface area contributed by atoms with Gasteiger partial charge in [-0.3, -0.25) is 9.59 Å². The Morgan fingerprint density at radius 3 is 2.79 bits per heavy atom. The number of halogens is 1. The van der Waals surface area contributed by atoms with Crippen molar-refractivity contribution < 1.29 is 33.3 Å². The van der Waals surface area contributed by atoms with Crippen LogP contribution in [0.3, 0.4) is 0 Å². The quantitative estimate of drug-likeness (QED) is 0.381. The molecule has 0 bridgehead atoms. The molecule has 1 aromatic carbocycles. The average molecular weight is 536 g/mol. The van der Waals surface area contributed by atoms with E-state index in [0.29, 0.717) is 54.9 Å². The summed E-state index contributed by atoms with van der Waals surface area (Å²) in [5.74, 6) is -1.33. The Morgan fingerprint density at radius 2 is 2.00 bits per heavy atom. The molecule has 7 rings (SSSR count). The van der Waals surface area contributed by atoms with Gasteiger partial charge in [0, 0.05) is 35.4 Å². The summed E-state index contributed by atoms with van der Waals surface area (Å²) in [4.78, 5) is 43.3. The third kappa shape index (κ3) is 3.71. The van der Waals surface area contributed by atoms with Gasteiger partial charge in [-0.2, -0.15) is 0 Å². The van der Waals surface area contributed by atoms with Gasteiger partial charge in [0.1, 0.15) is 12.4 Å². The molecule has 2 atom stereocenters. The van der Waals surface area contributed by atoms with Crippen molar-refractivity contribution in [1.82, 2.24) is 14.9 Å². The molecule has 2 N–H and O–H groups in total. The van der Waals surface area contributed by atoms with Gasteiger partial charge < -0.3 is 29.2 Å². The number of aryl methyl sites for hydroxylation is 1. The van der Waals surface area contributed by atoms with Crippen LogP contribution < -0.4 is 10.9 Å². The number of ether oxygens (including phenoxy) is 3. The number of amides is 1. The summed E-state index contributed by atoms with van der Waals surface area (Å²) in [6.07, 6.45) is -0.149. The number of aliphatic hydroxyl groups is 1. The van der Waals surface area contributed by atoms with Crippen LogP contribution in [0.25, 0.3) is 22.3 Å². The van der Waals surface area contributed by atoms with E-state index in [1.54, 1.807) is 17.6 Å². The lowest BCUT2D eigenvalue weighted by atomic mass is 9.81. The Labute approximate surface area is 221 Å². The summed E-state index contributed by atoms with van der Waals surface area (Å²) in [7, 11) is 0. The second-order valence-corrected chi connectivity index (χ2v) is 10.4. The maximum absolute atomic E-state index is 15.0. The van der Waals surface area contributed by atoms with Crippen molar-refractivity contribution in [2.75, 3.05) is 13.2 Å². The summed E-state index contributed by atoms with van der Waals surface area (Å²) >= 11 is 0. The third-order valence-corrected chi connectivity index (χ3v) is 8.28. The van der Waals surface area contributed by atoms with Crippen LogP contribution in [0.5, 0.6) is 0 Å². The third-order valence-electron chi connectivity index (χ3n) is 8.28. The zero-order chi connectivity index (χ0) is 27.0. The number of pyridine rings is 2. The molecule has 1 saturated heterocycles. The number of esters is 1. The van der Waals surface area contributed by atoms with E-state index >= 15 is 0 Å². The highest BCUT2D eigenvalue weighted by Crippen LogP contribution is 2.45. The number of hydrogen-bond acceptors (Lipinski definition) is 8. The second kappa shape index (κ2) is 8.94. The first kappa shape index (κ1) is 24.4. The zero-order valence-electron chi connectivity index (χ0n) is 21.2. The van der Waals surface area contributed by atoms with Gasteiger partial charge in [0.05, 0.1) is 48.3 Å². The summed E-state index contributed by atoms with van der Waals surface area (Å²) in [5.41, 5.74) is 4.40. The molecule has 3 aromatic rings. The Balaban J connectivity index is 1.35. The Hall–Kier alpha value is -3.67. The molecule has 0 radical (unpaired) electrons. The Morgan fingerprint density at radius 1 is 1.21 bits per heavy atom. The first-order valence-corrected chi connectivity index (χ1v) is 13.1. The molecule has 0 saturated carbocycles. The fourth-order valence-electron chi connectivity index (χ4n) is 6.34. The van der Waals surface area contributed by atoms with Crippen molar-refractivity contribution in [1.29, 1.82) is 0 Å². The fraction of sp³-hybridized carbons (Fsp3) is 0.429. The van der Waals surface area contributed by atoms with Crippen molar-refractivity contribution >= 4 is 22.8 Å². The molecular weight excluding hydrogens is 509 g/mol. The van der Waals surface area contributed by atoms with Crippen LogP contribution >= 0.6 is 0 Å². The number of aliphatic hydroxyl groups excluding tert-OH is 1. The standard InChI is InChI=1S/C28H26FN3O7/c1-12-13-2-3-18(30-21(33)4-5-22-37-6-7-38-22)24-15-10-32-20(25(15)31-19(23(13)24)9-17(12)29)8-14-16(27(32)35)11-39-28(36)26(14)34/h8-9,18,22,26,34H,2-7,10-11H2,1H3,(H,30,33). The van der Waals surface area contributed by atoms with Crippen LogP contribution in [-0.2, 0) is 43.4 Å². The largest absolute Gasteiger partial charge is 0.458 e. The van der Waals surface area contributed by atoms with Gasteiger partial charge in [0.15, 0.2) is 12.4 Å². The lowest BCUT2D eigenvalue weighted by molar-refractivity contribution is -0.157. The highest BCUT2D eigenvalue weighted by Gasteiger charge is 2.37.